The van der Waals surface area contributed by atoms with Crippen molar-refractivity contribution in [2.75, 3.05) is 19.5 Å². The van der Waals surface area contributed by atoms with Crippen LogP contribution in [0.15, 0.2) is 48.1 Å². The summed E-state index contributed by atoms with van der Waals surface area (Å²) < 4.78 is 12.3. The van der Waals surface area contributed by atoms with E-state index in [1.165, 1.54) is 11.3 Å². The van der Waals surface area contributed by atoms with Crippen LogP contribution in [0.3, 0.4) is 0 Å². The molecule has 0 aliphatic carbocycles. The van der Waals surface area contributed by atoms with Gasteiger partial charge in [0.2, 0.25) is 0 Å². The predicted octanol–water partition coefficient (Wildman–Crippen LogP) is 3.20. The number of aromatic nitrogens is 2. The predicted molar refractivity (Wildman–Crippen MR) is 88.9 cm³/mol. The van der Waals surface area contributed by atoms with Crippen LogP contribution in [0.2, 0.25) is 0 Å². The van der Waals surface area contributed by atoms with Gasteiger partial charge in [-0.15, -0.1) is 11.3 Å². The maximum Gasteiger partial charge on any atom is 0.275 e. The number of amides is 1. The molecule has 118 valence electrons. The van der Waals surface area contributed by atoms with E-state index in [1.807, 2.05) is 29.1 Å². The second kappa shape index (κ2) is 6.53. The highest BCUT2D eigenvalue weighted by Crippen LogP contribution is 2.29. The van der Waals surface area contributed by atoms with Crippen LogP contribution in [0.5, 0.6) is 11.5 Å². The maximum absolute atomic E-state index is 12.4. The SMILES string of the molecule is COc1ccc(OC)c(NC(=O)c2csc(-n3cccc3)n2)c1. The van der Waals surface area contributed by atoms with Crippen LogP contribution in [0, 0.1) is 0 Å². The van der Waals surface area contributed by atoms with E-state index >= 15 is 0 Å². The van der Waals surface area contributed by atoms with Crippen LogP contribution in [0.25, 0.3) is 5.13 Å². The Morgan fingerprint density at radius 3 is 2.70 bits per heavy atom. The molecule has 1 aromatic carbocycles. The van der Waals surface area contributed by atoms with Gasteiger partial charge in [0, 0.05) is 23.8 Å². The number of hydrogen-bond donors (Lipinski definition) is 1. The molecule has 0 atom stereocenters. The first-order chi connectivity index (χ1) is 11.2. The zero-order valence-electron chi connectivity index (χ0n) is 12.6. The van der Waals surface area contributed by atoms with E-state index in [1.54, 1.807) is 37.8 Å². The molecule has 0 aliphatic rings. The quantitative estimate of drug-likeness (QED) is 0.780. The highest BCUT2D eigenvalue weighted by Gasteiger charge is 2.14. The second-order valence-electron chi connectivity index (χ2n) is 4.63. The number of nitrogens with one attached hydrogen (secondary N) is 1. The number of thiazole rings is 1. The summed E-state index contributed by atoms with van der Waals surface area (Å²) in [6.07, 6.45) is 3.76. The van der Waals surface area contributed by atoms with Gasteiger partial charge in [0.25, 0.3) is 5.91 Å². The molecule has 0 spiro atoms. The fourth-order valence-corrected chi connectivity index (χ4v) is 2.82. The zero-order valence-corrected chi connectivity index (χ0v) is 13.5. The molecule has 1 amide bonds. The van der Waals surface area contributed by atoms with Crippen LogP contribution in [0.4, 0.5) is 5.69 Å². The molecular formula is C16H15N3O3S. The van der Waals surface area contributed by atoms with Crippen LogP contribution in [0.1, 0.15) is 10.5 Å². The molecule has 7 heteroatoms. The molecular weight excluding hydrogens is 314 g/mol. The number of hydrogen-bond acceptors (Lipinski definition) is 5. The molecule has 1 N–H and O–H groups in total. The lowest BCUT2D eigenvalue weighted by atomic mass is 10.2. The lowest BCUT2D eigenvalue weighted by Gasteiger charge is -2.10. The summed E-state index contributed by atoms with van der Waals surface area (Å²) in [6.45, 7) is 0. The van der Waals surface area contributed by atoms with Crippen molar-refractivity contribution >= 4 is 22.9 Å². The molecule has 0 aliphatic heterocycles. The van der Waals surface area contributed by atoms with Crippen LogP contribution in [-0.4, -0.2) is 29.7 Å². The molecule has 0 unspecified atom stereocenters. The number of carbonyl (C=O) groups excluding carboxylic acids is 1. The fraction of sp³-hybridized carbons (Fsp3) is 0.125. The van der Waals surface area contributed by atoms with E-state index in [9.17, 15) is 4.79 Å². The van der Waals surface area contributed by atoms with Crippen LogP contribution < -0.4 is 14.8 Å². The van der Waals surface area contributed by atoms with Crippen molar-refractivity contribution in [3.05, 3.63) is 53.8 Å². The van der Waals surface area contributed by atoms with E-state index in [-0.39, 0.29) is 5.91 Å². The normalized spacial score (nSPS) is 10.3. The number of rotatable bonds is 5. The summed E-state index contributed by atoms with van der Waals surface area (Å²) in [5.74, 6) is 0.888. The van der Waals surface area contributed by atoms with Crippen LogP contribution in [-0.2, 0) is 0 Å². The van der Waals surface area contributed by atoms with Crippen molar-refractivity contribution in [2.45, 2.75) is 0 Å². The maximum atomic E-state index is 12.4. The monoisotopic (exact) mass is 329 g/mol. The summed E-state index contributed by atoms with van der Waals surface area (Å²) in [5, 5.41) is 5.26. The minimum absolute atomic E-state index is 0.300. The highest BCUT2D eigenvalue weighted by atomic mass is 32.1. The minimum Gasteiger partial charge on any atom is -0.497 e. The Labute approximate surface area is 137 Å². The largest absolute Gasteiger partial charge is 0.497 e. The number of ether oxygens (including phenoxy) is 2. The molecule has 0 fully saturated rings. The van der Waals surface area contributed by atoms with E-state index in [2.05, 4.69) is 10.3 Å². The molecule has 2 heterocycles. The second-order valence-corrected chi connectivity index (χ2v) is 5.46. The van der Waals surface area contributed by atoms with Gasteiger partial charge in [0.15, 0.2) is 5.13 Å². The Morgan fingerprint density at radius 1 is 1.22 bits per heavy atom. The molecule has 3 rings (SSSR count). The molecule has 0 saturated carbocycles. The summed E-state index contributed by atoms with van der Waals surface area (Å²) in [6, 6.07) is 9.02. The molecule has 0 bridgehead atoms. The summed E-state index contributed by atoms with van der Waals surface area (Å²) in [4.78, 5) is 16.7. The summed E-state index contributed by atoms with van der Waals surface area (Å²) >= 11 is 1.40. The van der Waals surface area contributed by atoms with Gasteiger partial charge in [-0.05, 0) is 24.3 Å². The van der Waals surface area contributed by atoms with Crippen LogP contribution >= 0.6 is 11.3 Å². The number of nitrogens with zero attached hydrogens (tertiary/aromatic N) is 2. The smallest absolute Gasteiger partial charge is 0.275 e. The van der Waals surface area contributed by atoms with Gasteiger partial charge in [-0.3, -0.25) is 4.79 Å². The van der Waals surface area contributed by atoms with Gasteiger partial charge in [0.05, 0.1) is 19.9 Å². The number of benzene rings is 1. The third-order valence-corrected chi connectivity index (χ3v) is 4.06. The lowest BCUT2D eigenvalue weighted by molar-refractivity contribution is 0.102. The molecule has 23 heavy (non-hydrogen) atoms. The number of carbonyl (C=O) groups is 1. The van der Waals surface area contributed by atoms with E-state index in [4.69, 9.17) is 9.47 Å². The fourth-order valence-electron chi connectivity index (χ4n) is 2.05. The van der Waals surface area contributed by atoms with Crippen molar-refractivity contribution in [1.82, 2.24) is 9.55 Å². The molecule has 0 saturated heterocycles. The lowest BCUT2D eigenvalue weighted by Crippen LogP contribution is -2.13. The highest BCUT2D eigenvalue weighted by molar-refractivity contribution is 7.12. The number of methoxy groups -OCH3 is 2. The Morgan fingerprint density at radius 2 is 2.00 bits per heavy atom. The van der Waals surface area contributed by atoms with E-state index in [0.29, 0.717) is 22.9 Å². The van der Waals surface area contributed by atoms with Gasteiger partial charge < -0.3 is 19.4 Å². The van der Waals surface area contributed by atoms with Gasteiger partial charge >= 0.3 is 0 Å². The molecule has 6 nitrogen and oxygen atoms in total. The first kappa shape index (κ1) is 15.1. The van der Waals surface area contributed by atoms with Crippen molar-refractivity contribution in [3.63, 3.8) is 0 Å². The van der Waals surface area contributed by atoms with Gasteiger partial charge in [-0.2, -0.15) is 0 Å². The Bertz CT molecular complexity index is 812. The van der Waals surface area contributed by atoms with E-state index < -0.39 is 0 Å². The van der Waals surface area contributed by atoms with Crippen molar-refractivity contribution in [3.8, 4) is 16.6 Å². The average Bonchev–Trinajstić information content (AvgIpc) is 3.25. The van der Waals surface area contributed by atoms with Crippen molar-refractivity contribution in [1.29, 1.82) is 0 Å². The Kier molecular flexibility index (Phi) is 4.29. The van der Waals surface area contributed by atoms with Crippen molar-refractivity contribution < 1.29 is 14.3 Å². The first-order valence-electron chi connectivity index (χ1n) is 6.83. The van der Waals surface area contributed by atoms with Gasteiger partial charge in [0.1, 0.15) is 17.2 Å². The summed E-state index contributed by atoms with van der Waals surface area (Å²) in [5.41, 5.74) is 0.885. The number of anilines is 1. The zero-order chi connectivity index (χ0) is 16.2. The minimum atomic E-state index is -0.300. The summed E-state index contributed by atoms with van der Waals surface area (Å²) in [7, 11) is 3.11. The first-order valence-corrected chi connectivity index (χ1v) is 7.71. The molecule has 0 radical (unpaired) electrons. The van der Waals surface area contributed by atoms with Gasteiger partial charge in [-0.1, -0.05) is 0 Å². The third-order valence-electron chi connectivity index (χ3n) is 3.20. The molecule has 3 aromatic rings. The third kappa shape index (κ3) is 3.19. The molecule has 2 aromatic heterocycles. The standard InChI is InChI=1S/C16H15N3O3S/c1-21-11-5-6-14(22-2)12(9-11)17-15(20)13-10-23-16(18-13)19-7-3-4-8-19/h3-10H,1-2H3,(H,17,20). The average molecular weight is 329 g/mol. The Balaban J connectivity index is 1.82. The van der Waals surface area contributed by atoms with Crippen molar-refractivity contribution in [2.24, 2.45) is 0 Å². The Hall–Kier alpha value is -2.80. The topological polar surface area (TPSA) is 65.4 Å². The van der Waals surface area contributed by atoms with E-state index in [0.717, 1.165) is 5.13 Å². The van der Waals surface area contributed by atoms with Gasteiger partial charge in [-0.25, -0.2) is 4.98 Å².